The molecule has 0 spiro atoms. The summed E-state index contributed by atoms with van der Waals surface area (Å²) in [7, 11) is 1.49. The summed E-state index contributed by atoms with van der Waals surface area (Å²) >= 11 is 12.6. The second kappa shape index (κ2) is 5.74. The molecule has 1 aliphatic rings. The smallest absolute Gasteiger partial charge is 0.131 e. The second-order valence-electron chi connectivity index (χ2n) is 4.83. The number of fused-ring (bicyclic) bond motifs is 1. The fourth-order valence-corrected chi connectivity index (χ4v) is 3.08. The Balaban J connectivity index is 2.05. The fourth-order valence-electron chi connectivity index (χ4n) is 2.49. The molecule has 21 heavy (non-hydrogen) atoms. The number of hydrogen-bond acceptors (Lipinski definition) is 2. The van der Waals surface area contributed by atoms with E-state index in [1.807, 2.05) is 6.07 Å². The number of hydrogen-bond donors (Lipinski definition) is 0. The Morgan fingerprint density at radius 3 is 2.76 bits per heavy atom. The molecule has 2 aromatic rings. The van der Waals surface area contributed by atoms with Crippen molar-refractivity contribution in [2.24, 2.45) is 0 Å². The Kier molecular flexibility index (Phi) is 3.96. The Bertz CT molecular complexity index is 688. The van der Waals surface area contributed by atoms with E-state index < -0.39 is 11.2 Å². The van der Waals surface area contributed by atoms with Gasteiger partial charge in [0.25, 0.3) is 0 Å². The van der Waals surface area contributed by atoms with Crippen LogP contribution in [-0.4, -0.2) is 13.7 Å². The lowest BCUT2D eigenvalue weighted by Crippen LogP contribution is -2.00. The second-order valence-corrected chi connectivity index (χ2v) is 5.70. The van der Waals surface area contributed by atoms with Crippen molar-refractivity contribution in [1.29, 1.82) is 0 Å². The van der Waals surface area contributed by atoms with Gasteiger partial charge >= 0.3 is 0 Å². The van der Waals surface area contributed by atoms with Crippen LogP contribution in [0.3, 0.4) is 0 Å². The van der Waals surface area contributed by atoms with Crippen molar-refractivity contribution >= 4 is 23.2 Å². The number of ether oxygens (including phenoxy) is 2. The van der Waals surface area contributed by atoms with Crippen molar-refractivity contribution in [3.63, 3.8) is 0 Å². The number of methoxy groups -OCH3 is 1. The summed E-state index contributed by atoms with van der Waals surface area (Å²) in [4.78, 5) is 0. The van der Waals surface area contributed by atoms with Crippen LogP contribution in [-0.2, 0) is 6.42 Å². The molecule has 0 fully saturated rings. The van der Waals surface area contributed by atoms with Crippen molar-refractivity contribution in [2.75, 3.05) is 13.7 Å². The summed E-state index contributed by atoms with van der Waals surface area (Å²) in [6, 6.07) is 8.21. The van der Waals surface area contributed by atoms with Gasteiger partial charge in [0.05, 0.1) is 19.1 Å². The molecule has 2 nitrogen and oxygen atoms in total. The average molecular weight is 327 g/mol. The molecule has 0 aromatic heterocycles. The number of alkyl halides is 1. The summed E-state index contributed by atoms with van der Waals surface area (Å²) in [5.41, 5.74) is 2.08. The fraction of sp³-hybridized carbons (Fsp3) is 0.250. The molecule has 0 aliphatic carbocycles. The molecule has 1 atom stereocenters. The van der Waals surface area contributed by atoms with Gasteiger partial charge in [-0.3, -0.25) is 0 Å². The first kappa shape index (κ1) is 14.5. The normalized spacial score (nSPS) is 14.5. The molecule has 1 heterocycles. The lowest BCUT2D eigenvalue weighted by atomic mass is 10.00. The van der Waals surface area contributed by atoms with E-state index in [1.165, 1.54) is 13.2 Å². The molecule has 110 valence electrons. The van der Waals surface area contributed by atoms with E-state index >= 15 is 0 Å². The van der Waals surface area contributed by atoms with E-state index in [4.69, 9.17) is 32.7 Å². The lowest BCUT2D eigenvalue weighted by molar-refractivity contribution is 0.353. The minimum Gasteiger partial charge on any atom is -0.497 e. The zero-order valence-electron chi connectivity index (χ0n) is 11.3. The van der Waals surface area contributed by atoms with E-state index in [-0.39, 0.29) is 0 Å². The first-order valence-corrected chi connectivity index (χ1v) is 7.34. The van der Waals surface area contributed by atoms with Gasteiger partial charge in [-0.1, -0.05) is 17.7 Å². The minimum absolute atomic E-state index is 0.373. The molecule has 2 aromatic carbocycles. The van der Waals surface area contributed by atoms with Crippen LogP contribution in [0.25, 0.3) is 0 Å². The third-order valence-corrected chi connectivity index (χ3v) is 4.22. The molecule has 0 N–H and O–H groups in total. The molecule has 0 amide bonds. The predicted molar refractivity (Wildman–Crippen MR) is 81.3 cm³/mol. The van der Waals surface area contributed by atoms with Crippen LogP contribution in [0.1, 0.15) is 22.1 Å². The van der Waals surface area contributed by atoms with Crippen molar-refractivity contribution in [2.45, 2.75) is 11.8 Å². The van der Waals surface area contributed by atoms with Crippen LogP contribution in [0.5, 0.6) is 11.5 Å². The molecule has 1 unspecified atom stereocenters. The molecule has 0 saturated carbocycles. The third kappa shape index (κ3) is 2.68. The highest BCUT2D eigenvalue weighted by Gasteiger charge is 2.25. The van der Waals surface area contributed by atoms with Gasteiger partial charge in [0.15, 0.2) is 0 Å². The molecular weight excluding hydrogens is 314 g/mol. The molecule has 0 saturated heterocycles. The molecule has 0 bridgehead atoms. The topological polar surface area (TPSA) is 18.5 Å². The van der Waals surface area contributed by atoms with Crippen molar-refractivity contribution in [3.8, 4) is 11.5 Å². The Morgan fingerprint density at radius 1 is 1.24 bits per heavy atom. The highest BCUT2D eigenvalue weighted by Crippen LogP contribution is 2.42. The van der Waals surface area contributed by atoms with Crippen molar-refractivity contribution in [3.05, 3.63) is 57.9 Å². The number of halogens is 3. The predicted octanol–water partition coefficient (Wildman–Crippen LogP) is 4.75. The van der Waals surface area contributed by atoms with Crippen LogP contribution < -0.4 is 9.47 Å². The lowest BCUT2D eigenvalue weighted by Gasteiger charge is -2.16. The van der Waals surface area contributed by atoms with E-state index in [0.717, 1.165) is 17.7 Å². The summed E-state index contributed by atoms with van der Waals surface area (Å²) < 4.78 is 24.8. The molecule has 1 aliphatic heterocycles. The average Bonchev–Trinajstić information content (AvgIpc) is 2.93. The monoisotopic (exact) mass is 326 g/mol. The first-order valence-electron chi connectivity index (χ1n) is 6.52. The quantitative estimate of drug-likeness (QED) is 0.758. The SMILES string of the molecule is COc1ccc(C(Cl)c2cc(Cl)cc3c2OCC3)c(F)c1. The maximum absolute atomic E-state index is 14.2. The van der Waals surface area contributed by atoms with Crippen molar-refractivity contribution < 1.29 is 13.9 Å². The maximum atomic E-state index is 14.2. The van der Waals surface area contributed by atoms with Gasteiger partial charge < -0.3 is 9.47 Å². The summed E-state index contributed by atoms with van der Waals surface area (Å²) in [6.45, 7) is 0.595. The van der Waals surface area contributed by atoms with E-state index in [1.54, 1.807) is 18.2 Å². The van der Waals surface area contributed by atoms with Crippen LogP contribution >= 0.6 is 23.2 Å². The largest absolute Gasteiger partial charge is 0.497 e. The van der Waals surface area contributed by atoms with E-state index in [2.05, 4.69) is 0 Å². The Hall–Kier alpha value is -1.45. The van der Waals surface area contributed by atoms with Gasteiger partial charge in [0.2, 0.25) is 0 Å². The summed E-state index contributed by atoms with van der Waals surface area (Å²) in [5.74, 6) is 0.753. The zero-order chi connectivity index (χ0) is 15.0. The van der Waals surface area contributed by atoms with Gasteiger partial charge in [-0.2, -0.15) is 0 Å². The van der Waals surface area contributed by atoms with Crippen molar-refractivity contribution in [1.82, 2.24) is 0 Å². The highest BCUT2D eigenvalue weighted by molar-refractivity contribution is 6.31. The van der Waals surface area contributed by atoms with Crippen LogP contribution in [0.15, 0.2) is 30.3 Å². The van der Waals surface area contributed by atoms with Gasteiger partial charge in [0, 0.05) is 28.6 Å². The molecule has 5 heteroatoms. The van der Waals surface area contributed by atoms with Gasteiger partial charge in [-0.25, -0.2) is 4.39 Å². The van der Waals surface area contributed by atoms with Crippen LogP contribution in [0.4, 0.5) is 4.39 Å². The Labute approximate surface area is 132 Å². The minimum atomic E-state index is -0.665. The van der Waals surface area contributed by atoms with Gasteiger partial charge in [0.1, 0.15) is 17.3 Å². The maximum Gasteiger partial charge on any atom is 0.131 e. The number of benzene rings is 2. The molecular formula is C16H13Cl2FO2. The number of rotatable bonds is 3. The highest BCUT2D eigenvalue weighted by atomic mass is 35.5. The molecule has 3 rings (SSSR count). The van der Waals surface area contributed by atoms with E-state index in [0.29, 0.717) is 28.5 Å². The third-order valence-electron chi connectivity index (χ3n) is 3.53. The standard InChI is InChI=1S/C16H13Cl2FO2/c1-20-11-2-3-12(14(19)8-11)15(18)13-7-10(17)6-9-4-5-21-16(9)13/h2-3,6-8,15H,4-5H2,1H3. The summed E-state index contributed by atoms with van der Waals surface area (Å²) in [6.07, 6.45) is 0.789. The van der Waals surface area contributed by atoms with E-state index in [9.17, 15) is 4.39 Å². The van der Waals surface area contributed by atoms with Crippen LogP contribution in [0.2, 0.25) is 5.02 Å². The Morgan fingerprint density at radius 2 is 2.05 bits per heavy atom. The molecule has 0 radical (unpaired) electrons. The summed E-state index contributed by atoms with van der Waals surface area (Å²) in [5, 5.41) is -0.0877. The van der Waals surface area contributed by atoms with Crippen LogP contribution in [0, 0.1) is 5.82 Å². The first-order chi connectivity index (χ1) is 10.1. The zero-order valence-corrected chi connectivity index (χ0v) is 12.8. The van der Waals surface area contributed by atoms with Gasteiger partial charge in [-0.15, -0.1) is 11.6 Å². The van der Waals surface area contributed by atoms with Gasteiger partial charge in [-0.05, 0) is 23.8 Å².